The van der Waals surface area contributed by atoms with Gasteiger partial charge < -0.3 is 9.47 Å². The lowest BCUT2D eigenvalue weighted by atomic mass is 10.3. The van der Waals surface area contributed by atoms with Crippen LogP contribution in [0.2, 0.25) is 0 Å². The van der Waals surface area contributed by atoms with Crippen molar-refractivity contribution >= 4 is 17.7 Å². The Morgan fingerprint density at radius 3 is 2.68 bits per heavy atom. The van der Waals surface area contributed by atoms with Crippen LogP contribution in [0.5, 0.6) is 5.75 Å². The van der Waals surface area contributed by atoms with E-state index < -0.39 is 0 Å². The zero-order valence-electron chi connectivity index (χ0n) is 11.6. The SMILES string of the molecule is CCCCSC[C@H](COc1ccccc1)OC(C)=O. The first kappa shape index (κ1) is 15.9. The van der Waals surface area contributed by atoms with E-state index in [-0.39, 0.29) is 12.1 Å². The number of hydrogen-bond acceptors (Lipinski definition) is 4. The standard InChI is InChI=1S/C15H22O3S/c1-3-4-10-19-12-15(18-13(2)16)11-17-14-8-6-5-7-9-14/h5-9,15H,3-4,10-12H2,1-2H3/t15-/m0/s1. The second-order valence-electron chi connectivity index (χ2n) is 4.28. The minimum absolute atomic E-state index is 0.181. The van der Waals surface area contributed by atoms with E-state index in [1.165, 1.54) is 19.8 Å². The maximum absolute atomic E-state index is 11.1. The van der Waals surface area contributed by atoms with Crippen molar-refractivity contribution in [3.63, 3.8) is 0 Å². The van der Waals surface area contributed by atoms with Crippen molar-refractivity contribution < 1.29 is 14.3 Å². The highest BCUT2D eigenvalue weighted by Gasteiger charge is 2.13. The Labute approximate surface area is 119 Å². The number of benzene rings is 1. The molecule has 0 aliphatic heterocycles. The van der Waals surface area contributed by atoms with Crippen LogP contribution in [0, 0.1) is 0 Å². The van der Waals surface area contributed by atoms with E-state index in [2.05, 4.69) is 6.92 Å². The van der Waals surface area contributed by atoms with Crippen LogP contribution in [0.1, 0.15) is 26.7 Å². The van der Waals surface area contributed by atoms with E-state index in [0.717, 1.165) is 17.3 Å². The first-order chi connectivity index (χ1) is 9.22. The van der Waals surface area contributed by atoms with Crippen molar-refractivity contribution in [3.05, 3.63) is 30.3 Å². The molecule has 0 unspecified atom stereocenters. The molecule has 0 aliphatic carbocycles. The molecule has 1 aromatic rings. The van der Waals surface area contributed by atoms with E-state index in [1.54, 1.807) is 11.8 Å². The predicted molar refractivity (Wildman–Crippen MR) is 79.7 cm³/mol. The second kappa shape index (κ2) is 9.73. The van der Waals surface area contributed by atoms with Crippen LogP contribution >= 0.6 is 11.8 Å². The summed E-state index contributed by atoms with van der Waals surface area (Å²) in [4.78, 5) is 11.1. The molecule has 3 nitrogen and oxygen atoms in total. The number of thioether (sulfide) groups is 1. The van der Waals surface area contributed by atoms with E-state index in [9.17, 15) is 4.79 Å². The topological polar surface area (TPSA) is 35.5 Å². The lowest BCUT2D eigenvalue weighted by Gasteiger charge is -2.17. The monoisotopic (exact) mass is 282 g/mol. The van der Waals surface area contributed by atoms with Crippen molar-refractivity contribution in [1.29, 1.82) is 0 Å². The zero-order valence-corrected chi connectivity index (χ0v) is 12.4. The number of carbonyl (C=O) groups excluding carboxylic acids is 1. The van der Waals surface area contributed by atoms with Crippen LogP contribution in [0.3, 0.4) is 0 Å². The van der Waals surface area contributed by atoms with Gasteiger partial charge in [0.25, 0.3) is 0 Å². The van der Waals surface area contributed by atoms with Gasteiger partial charge in [0.2, 0.25) is 0 Å². The van der Waals surface area contributed by atoms with Crippen molar-refractivity contribution in [2.45, 2.75) is 32.8 Å². The van der Waals surface area contributed by atoms with Gasteiger partial charge in [0.1, 0.15) is 18.5 Å². The third-order valence-electron chi connectivity index (χ3n) is 2.46. The summed E-state index contributed by atoms with van der Waals surface area (Å²) in [5.74, 6) is 2.43. The maximum atomic E-state index is 11.1. The molecule has 106 valence electrons. The van der Waals surface area contributed by atoms with Gasteiger partial charge in [0.15, 0.2) is 0 Å². The Morgan fingerprint density at radius 1 is 1.32 bits per heavy atom. The molecule has 0 spiro atoms. The molecule has 0 saturated carbocycles. The summed E-state index contributed by atoms with van der Waals surface area (Å²) in [6.07, 6.45) is 2.20. The molecular weight excluding hydrogens is 260 g/mol. The highest BCUT2D eigenvalue weighted by Crippen LogP contribution is 2.13. The Bertz CT molecular complexity index is 354. The van der Waals surface area contributed by atoms with Crippen LogP contribution in [0.25, 0.3) is 0 Å². The van der Waals surface area contributed by atoms with Crippen molar-refractivity contribution in [3.8, 4) is 5.75 Å². The Morgan fingerprint density at radius 2 is 2.05 bits per heavy atom. The lowest BCUT2D eigenvalue weighted by Crippen LogP contribution is -2.26. The summed E-state index contributed by atoms with van der Waals surface area (Å²) in [7, 11) is 0. The summed E-state index contributed by atoms with van der Waals surface area (Å²) in [6.45, 7) is 4.01. The van der Waals surface area contributed by atoms with Gasteiger partial charge in [-0.25, -0.2) is 0 Å². The lowest BCUT2D eigenvalue weighted by molar-refractivity contribution is -0.146. The number of unbranched alkanes of at least 4 members (excludes halogenated alkanes) is 1. The molecule has 0 N–H and O–H groups in total. The zero-order chi connectivity index (χ0) is 13.9. The average molecular weight is 282 g/mol. The molecule has 0 bridgehead atoms. The average Bonchev–Trinajstić information content (AvgIpc) is 2.41. The highest BCUT2D eigenvalue weighted by atomic mass is 32.2. The van der Waals surface area contributed by atoms with Gasteiger partial charge in [0.05, 0.1) is 0 Å². The maximum Gasteiger partial charge on any atom is 0.303 e. The number of esters is 1. The van der Waals surface area contributed by atoms with Gasteiger partial charge in [-0.15, -0.1) is 0 Å². The van der Waals surface area contributed by atoms with Crippen molar-refractivity contribution in [1.82, 2.24) is 0 Å². The molecule has 0 heterocycles. The molecule has 19 heavy (non-hydrogen) atoms. The second-order valence-corrected chi connectivity index (χ2v) is 5.43. The number of para-hydroxylation sites is 1. The fraction of sp³-hybridized carbons (Fsp3) is 0.533. The Hall–Kier alpha value is -1.16. The molecule has 0 fully saturated rings. The Kier molecular flexibility index (Phi) is 8.14. The number of rotatable bonds is 9. The van der Waals surface area contributed by atoms with E-state index in [0.29, 0.717) is 6.61 Å². The summed E-state index contributed by atoms with van der Waals surface area (Å²) in [5.41, 5.74) is 0. The molecule has 0 aliphatic rings. The summed E-state index contributed by atoms with van der Waals surface area (Å²) < 4.78 is 10.9. The minimum atomic E-state index is -0.252. The quantitative estimate of drug-likeness (QED) is 0.513. The van der Waals surface area contributed by atoms with Crippen LogP contribution in [0.4, 0.5) is 0 Å². The molecule has 1 rings (SSSR count). The van der Waals surface area contributed by atoms with Crippen LogP contribution in [0.15, 0.2) is 30.3 Å². The van der Waals surface area contributed by atoms with Gasteiger partial charge in [-0.05, 0) is 24.3 Å². The summed E-state index contributed by atoms with van der Waals surface area (Å²) in [6, 6.07) is 9.58. The largest absolute Gasteiger partial charge is 0.490 e. The molecule has 0 amide bonds. The van der Waals surface area contributed by atoms with Crippen LogP contribution in [-0.4, -0.2) is 30.2 Å². The van der Waals surface area contributed by atoms with Gasteiger partial charge >= 0.3 is 5.97 Å². The van der Waals surface area contributed by atoms with Crippen molar-refractivity contribution in [2.75, 3.05) is 18.1 Å². The minimum Gasteiger partial charge on any atom is -0.490 e. The van der Waals surface area contributed by atoms with Crippen LogP contribution < -0.4 is 4.74 Å². The molecule has 0 aromatic heterocycles. The van der Waals surface area contributed by atoms with E-state index in [1.807, 2.05) is 30.3 Å². The van der Waals surface area contributed by atoms with E-state index >= 15 is 0 Å². The molecule has 0 saturated heterocycles. The molecule has 0 radical (unpaired) electrons. The fourth-order valence-corrected chi connectivity index (χ4v) is 2.60. The van der Waals surface area contributed by atoms with Gasteiger partial charge in [-0.3, -0.25) is 4.79 Å². The smallest absolute Gasteiger partial charge is 0.303 e. The number of ether oxygens (including phenoxy) is 2. The number of hydrogen-bond donors (Lipinski definition) is 0. The third-order valence-corrected chi connectivity index (χ3v) is 3.64. The van der Waals surface area contributed by atoms with Gasteiger partial charge in [-0.1, -0.05) is 31.5 Å². The first-order valence-corrected chi connectivity index (χ1v) is 7.80. The van der Waals surface area contributed by atoms with Gasteiger partial charge in [-0.2, -0.15) is 11.8 Å². The highest BCUT2D eigenvalue weighted by molar-refractivity contribution is 7.99. The summed E-state index contributed by atoms with van der Waals surface area (Å²) >= 11 is 1.81. The predicted octanol–water partition coefficient (Wildman–Crippen LogP) is 3.53. The fourth-order valence-electron chi connectivity index (χ4n) is 1.52. The van der Waals surface area contributed by atoms with Gasteiger partial charge in [0, 0.05) is 12.7 Å². The molecule has 4 heteroatoms. The number of carbonyl (C=O) groups is 1. The Balaban J connectivity index is 2.34. The first-order valence-electron chi connectivity index (χ1n) is 6.65. The molecular formula is C15H22O3S. The molecule has 1 atom stereocenters. The summed E-state index contributed by atoms with van der Waals surface area (Å²) in [5, 5.41) is 0. The molecule has 1 aromatic carbocycles. The van der Waals surface area contributed by atoms with Crippen LogP contribution in [-0.2, 0) is 9.53 Å². The normalized spacial score (nSPS) is 11.9. The van der Waals surface area contributed by atoms with Crippen molar-refractivity contribution in [2.24, 2.45) is 0 Å². The van der Waals surface area contributed by atoms with E-state index in [4.69, 9.17) is 9.47 Å². The third kappa shape index (κ3) is 7.78.